The van der Waals surface area contributed by atoms with E-state index in [1.165, 1.54) is 11.8 Å². The van der Waals surface area contributed by atoms with E-state index in [-0.39, 0.29) is 11.7 Å². The average Bonchev–Trinajstić information content (AvgIpc) is 3.33. The van der Waals surface area contributed by atoms with Crippen molar-refractivity contribution in [2.75, 3.05) is 20.3 Å². The topological polar surface area (TPSA) is 67.1 Å². The monoisotopic (exact) mass is 419 g/mol. The Morgan fingerprint density at radius 1 is 1.07 bits per heavy atom. The number of para-hydroxylation sites is 1. The number of thioether (sulfide) groups is 1. The number of amidine groups is 1. The molecule has 7 heteroatoms. The van der Waals surface area contributed by atoms with Gasteiger partial charge in [0.15, 0.2) is 5.17 Å². The molecule has 0 aliphatic carbocycles. The molecule has 0 atom stereocenters. The highest BCUT2D eigenvalue weighted by Crippen LogP contribution is 2.34. The zero-order valence-electron chi connectivity index (χ0n) is 16.4. The Hall–Kier alpha value is -3.29. The van der Waals surface area contributed by atoms with Crippen molar-refractivity contribution < 1.29 is 14.6 Å². The fraction of sp³-hybridized carbons (Fsp3) is 0.130. The minimum absolute atomic E-state index is 0.0924. The maximum Gasteiger partial charge on any atom is 0.266 e. The van der Waals surface area contributed by atoms with Crippen molar-refractivity contribution in [3.05, 3.63) is 83.5 Å². The highest BCUT2D eigenvalue weighted by atomic mass is 32.2. The summed E-state index contributed by atoms with van der Waals surface area (Å²) in [6.45, 7) is 0.863. The average molecular weight is 420 g/mol. The quantitative estimate of drug-likeness (QED) is 0.600. The van der Waals surface area contributed by atoms with Crippen molar-refractivity contribution in [1.29, 1.82) is 0 Å². The summed E-state index contributed by atoms with van der Waals surface area (Å²) in [5, 5.41) is 10.2. The van der Waals surface area contributed by atoms with Crippen molar-refractivity contribution in [2.45, 2.75) is 0 Å². The molecule has 1 saturated heterocycles. The number of rotatable bonds is 6. The molecule has 30 heavy (non-hydrogen) atoms. The van der Waals surface area contributed by atoms with Crippen LogP contribution in [0.3, 0.4) is 0 Å². The van der Waals surface area contributed by atoms with Crippen LogP contribution in [0.5, 0.6) is 5.75 Å². The third-order valence-electron chi connectivity index (χ3n) is 4.58. The maximum absolute atomic E-state index is 13.1. The second-order valence-electron chi connectivity index (χ2n) is 6.61. The molecule has 1 aliphatic heterocycles. The summed E-state index contributed by atoms with van der Waals surface area (Å²) >= 11 is 1.36. The van der Waals surface area contributed by atoms with Crippen LogP contribution in [-0.2, 0) is 9.53 Å². The lowest BCUT2D eigenvalue weighted by molar-refractivity contribution is -0.122. The molecule has 2 heterocycles. The Kier molecular flexibility index (Phi) is 6.02. The highest BCUT2D eigenvalue weighted by Gasteiger charge is 2.33. The van der Waals surface area contributed by atoms with Gasteiger partial charge in [-0.25, -0.2) is 4.99 Å². The van der Waals surface area contributed by atoms with E-state index in [1.54, 1.807) is 24.1 Å². The van der Waals surface area contributed by atoms with Crippen molar-refractivity contribution in [3.8, 4) is 11.4 Å². The van der Waals surface area contributed by atoms with Gasteiger partial charge in [-0.2, -0.15) is 0 Å². The van der Waals surface area contributed by atoms with Gasteiger partial charge in [0.25, 0.3) is 5.91 Å². The maximum atomic E-state index is 13.1. The Balaban J connectivity index is 1.67. The number of aromatic nitrogens is 1. The molecule has 4 rings (SSSR count). The Morgan fingerprint density at radius 3 is 2.57 bits per heavy atom. The van der Waals surface area contributed by atoms with Crippen molar-refractivity contribution in [1.82, 2.24) is 9.47 Å². The van der Waals surface area contributed by atoms with Crippen LogP contribution in [0.2, 0.25) is 0 Å². The van der Waals surface area contributed by atoms with E-state index in [1.807, 2.05) is 71.4 Å². The lowest BCUT2D eigenvalue weighted by Crippen LogP contribution is -2.32. The number of hydrogen-bond donors (Lipinski definition) is 1. The molecule has 3 aromatic rings. The SMILES string of the molecule is COCCN1C(=O)/C(=C/c2cccn2-c2ccc(O)cc2)SC1=Nc1ccccc1. The van der Waals surface area contributed by atoms with Crippen LogP contribution in [0.15, 0.2) is 82.8 Å². The van der Waals surface area contributed by atoms with Crippen LogP contribution >= 0.6 is 11.8 Å². The zero-order valence-corrected chi connectivity index (χ0v) is 17.2. The van der Waals surface area contributed by atoms with Crippen LogP contribution in [0, 0.1) is 0 Å². The molecule has 0 unspecified atom stereocenters. The van der Waals surface area contributed by atoms with Crippen molar-refractivity contribution >= 4 is 34.6 Å². The molecule has 1 amide bonds. The number of nitrogens with zero attached hydrogens (tertiary/aromatic N) is 3. The summed E-state index contributed by atoms with van der Waals surface area (Å²) in [7, 11) is 1.61. The molecule has 1 fully saturated rings. The van der Waals surface area contributed by atoms with Gasteiger partial charge in [-0.15, -0.1) is 0 Å². The molecule has 1 N–H and O–H groups in total. The minimum atomic E-state index is -0.0924. The zero-order chi connectivity index (χ0) is 20.9. The first-order chi connectivity index (χ1) is 14.7. The predicted molar refractivity (Wildman–Crippen MR) is 120 cm³/mol. The third-order valence-corrected chi connectivity index (χ3v) is 5.58. The van der Waals surface area contributed by atoms with E-state index in [0.717, 1.165) is 17.1 Å². The third kappa shape index (κ3) is 4.32. The van der Waals surface area contributed by atoms with Gasteiger partial charge in [-0.05, 0) is 66.4 Å². The predicted octanol–water partition coefficient (Wildman–Crippen LogP) is 4.43. The smallest absolute Gasteiger partial charge is 0.266 e. The van der Waals surface area contributed by atoms with Crippen molar-refractivity contribution in [2.24, 2.45) is 4.99 Å². The normalized spacial score (nSPS) is 16.7. The number of phenols is 1. The Labute approximate surface area is 179 Å². The molecular formula is C23H21N3O3S. The van der Waals surface area contributed by atoms with Gasteiger partial charge in [-0.1, -0.05) is 18.2 Å². The summed E-state index contributed by atoms with van der Waals surface area (Å²) < 4.78 is 7.14. The van der Waals surface area contributed by atoms with E-state index in [4.69, 9.17) is 4.74 Å². The van der Waals surface area contributed by atoms with Gasteiger partial charge >= 0.3 is 0 Å². The molecule has 152 valence electrons. The molecular weight excluding hydrogens is 398 g/mol. The molecule has 1 aliphatic rings. The van der Waals surface area contributed by atoms with Crippen LogP contribution in [0.4, 0.5) is 5.69 Å². The molecule has 2 aromatic carbocycles. The summed E-state index contributed by atoms with van der Waals surface area (Å²) in [5.74, 6) is 0.119. The van der Waals surface area contributed by atoms with Crippen LogP contribution < -0.4 is 0 Å². The molecule has 0 radical (unpaired) electrons. The number of hydrogen-bond acceptors (Lipinski definition) is 5. The van der Waals surface area contributed by atoms with E-state index in [9.17, 15) is 9.90 Å². The number of carbonyl (C=O) groups excluding carboxylic acids is 1. The first-order valence-corrected chi connectivity index (χ1v) is 10.3. The summed E-state index contributed by atoms with van der Waals surface area (Å²) in [4.78, 5) is 20.0. The lowest BCUT2D eigenvalue weighted by atomic mass is 10.3. The second kappa shape index (κ2) is 9.02. The Bertz CT molecular complexity index is 1090. The van der Waals surface area contributed by atoms with Crippen LogP contribution in [-0.4, -0.2) is 45.9 Å². The number of phenolic OH excluding ortho intramolecular Hbond substituents is 1. The first-order valence-electron chi connectivity index (χ1n) is 9.46. The van der Waals surface area contributed by atoms with E-state index >= 15 is 0 Å². The van der Waals surface area contributed by atoms with E-state index in [2.05, 4.69) is 4.99 Å². The molecule has 1 aromatic heterocycles. The molecule has 0 bridgehead atoms. The lowest BCUT2D eigenvalue weighted by Gasteiger charge is -2.14. The van der Waals surface area contributed by atoms with Gasteiger partial charge in [-0.3, -0.25) is 9.69 Å². The number of aromatic hydroxyl groups is 1. The molecule has 6 nitrogen and oxygen atoms in total. The van der Waals surface area contributed by atoms with Crippen LogP contribution in [0.1, 0.15) is 5.69 Å². The number of methoxy groups -OCH3 is 1. The number of benzene rings is 2. The number of carbonyl (C=O) groups is 1. The largest absolute Gasteiger partial charge is 0.508 e. The Morgan fingerprint density at radius 2 is 1.83 bits per heavy atom. The summed E-state index contributed by atoms with van der Waals surface area (Å²) in [5.41, 5.74) is 2.56. The fourth-order valence-electron chi connectivity index (χ4n) is 3.08. The van der Waals surface area contributed by atoms with Gasteiger partial charge in [0, 0.05) is 24.7 Å². The highest BCUT2D eigenvalue weighted by molar-refractivity contribution is 8.18. The summed E-state index contributed by atoms with van der Waals surface area (Å²) in [6.07, 6.45) is 3.79. The van der Waals surface area contributed by atoms with E-state index in [0.29, 0.717) is 23.2 Å². The van der Waals surface area contributed by atoms with Gasteiger partial charge < -0.3 is 14.4 Å². The number of amides is 1. The minimum Gasteiger partial charge on any atom is -0.508 e. The molecule has 0 saturated carbocycles. The second-order valence-corrected chi connectivity index (χ2v) is 7.62. The number of aliphatic imine (C=N–C) groups is 1. The van der Waals surface area contributed by atoms with Gasteiger partial charge in [0.05, 0.1) is 23.7 Å². The fourth-order valence-corrected chi connectivity index (χ4v) is 4.09. The van der Waals surface area contributed by atoms with Gasteiger partial charge in [0.1, 0.15) is 5.75 Å². The van der Waals surface area contributed by atoms with Crippen LogP contribution in [0.25, 0.3) is 11.8 Å². The first kappa shape index (κ1) is 20.0. The number of ether oxygens (including phenoxy) is 1. The standard InChI is InChI=1S/C23H21N3O3S/c1-29-15-14-26-22(28)21(30-23(26)24-17-6-3-2-4-7-17)16-19-8-5-13-25(19)18-9-11-20(27)12-10-18/h2-13,16,27H,14-15H2,1H3/b21-16-,24-23?. The summed E-state index contributed by atoms with van der Waals surface area (Å²) in [6, 6.07) is 20.4. The van der Waals surface area contributed by atoms with E-state index < -0.39 is 0 Å². The van der Waals surface area contributed by atoms with Gasteiger partial charge in [0.2, 0.25) is 0 Å². The molecule has 0 spiro atoms. The van der Waals surface area contributed by atoms with Crippen molar-refractivity contribution in [3.63, 3.8) is 0 Å².